The van der Waals surface area contributed by atoms with Gasteiger partial charge < -0.3 is 10.2 Å². The summed E-state index contributed by atoms with van der Waals surface area (Å²) >= 11 is 0. The molecule has 1 N–H and O–H groups in total. The van der Waals surface area contributed by atoms with Crippen LogP contribution < -0.4 is 5.32 Å². The number of hydrogen-bond acceptors (Lipinski definition) is 2. The summed E-state index contributed by atoms with van der Waals surface area (Å²) in [6.07, 6.45) is 5.09. The van der Waals surface area contributed by atoms with Gasteiger partial charge in [-0.1, -0.05) is 44.2 Å². The average molecular weight is 470 g/mol. The van der Waals surface area contributed by atoms with Crippen LogP contribution in [0.1, 0.15) is 38.7 Å². The molecule has 3 rings (SSSR count). The predicted molar refractivity (Wildman–Crippen MR) is 121 cm³/mol. The first-order valence-electron chi connectivity index (χ1n) is 9.81. The molecule has 0 bridgehead atoms. The van der Waals surface area contributed by atoms with Gasteiger partial charge in [0, 0.05) is 32.7 Å². The van der Waals surface area contributed by atoms with Crippen molar-refractivity contribution in [1.29, 1.82) is 0 Å². The third kappa shape index (κ3) is 5.84. The number of halogens is 1. The molecule has 2 aliphatic rings. The molecule has 1 aromatic carbocycles. The molecule has 1 atom stereocenters. The van der Waals surface area contributed by atoms with Crippen LogP contribution in [0.2, 0.25) is 0 Å². The molecule has 1 aromatic rings. The number of guanidine groups is 1. The van der Waals surface area contributed by atoms with Crippen LogP contribution in [0.3, 0.4) is 0 Å². The fourth-order valence-corrected chi connectivity index (χ4v) is 4.20. The van der Waals surface area contributed by atoms with Gasteiger partial charge in [-0.25, -0.2) is 0 Å². The lowest BCUT2D eigenvalue weighted by Gasteiger charge is -2.29. The summed E-state index contributed by atoms with van der Waals surface area (Å²) in [5.41, 5.74) is 1.60. The van der Waals surface area contributed by atoms with Crippen LogP contribution >= 0.6 is 24.0 Å². The zero-order valence-corrected chi connectivity index (χ0v) is 18.9. The van der Waals surface area contributed by atoms with Crippen molar-refractivity contribution in [1.82, 2.24) is 15.1 Å². The van der Waals surface area contributed by atoms with Crippen molar-refractivity contribution in [2.45, 2.75) is 45.6 Å². The zero-order chi connectivity index (χ0) is 17.7. The lowest BCUT2D eigenvalue weighted by atomic mass is 9.86. The lowest BCUT2D eigenvalue weighted by molar-refractivity contribution is 0.248. The molecule has 0 radical (unpaired) electrons. The third-order valence-corrected chi connectivity index (χ3v) is 5.58. The zero-order valence-electron chi connectivity index (χ0n) is 16.6. The van der Waals surface area contributed by atoms with Crippen LogP contribution in [0.4, 0.5) is 0 Å². The number of hydrogen-bond donors (Lipinski definition) is 1. The van der Waals surface area contributed by atoms with E-state index >= 15 is 0 Å². The normalized spacial score (nSPS) is 21.7. The molecule has 2 heterocycles. The summed E-state index contributed by atoms with van der Waals surface area (Å²) in [7, 11) is 1.91. The van der Waals surface area contributed by atoms with Crippen molar-refractivity contribution >= 4 is 29.9 Å². The highest BCUT2D eigenvalue weighted by Gasteiger charge is 2.31. The molecule has 5 heteroatoms. The Hall–Kier alpha value is -0.820. The Morgan fingerprint density at radius 1 is 1.15 bits per heavy atom. The molecule has 26 heavy (non-hydrogen) atoms. The maximum Gasteiger partial charge on any atom is 0.193 e. The van der Waals surface area contributed by atoms with Gasteiger partial charge in [0.15, 0.2) is 5.96 Å². The minimum absolute atomic E-state index is 0. The van der Waals surface area contributed by atoms with Gasteiger partial charge in [0.1, 0.15) is 0 Å². The Bertz CT molecular complexity index is 567. The topological polar surface area (TPSA) is 30.9 Å². The van der Waals surface area contributed by atoms with E-state index < -0.39 is 0 Å². The largest absolute Gasteiger partial charge is 0.356 e. The highest BCUT2D eigenvalue weighted by molar-refractivity contribution is 14.0. The van der Waals surface area contributed by atoms with E-state index in [-0.39, 0.29) is 29.4 Å². The van der Waals surface area contributed by atoms with Crippen LogP contribution in [0, 0.1) is 5.41 Å². The Morgan fingerprint density at radius 3 is 2.50 bits per heavy atom. The minimum atomic E-state index is 0. The Labute approximate surface area is 176 Å². The van der Waals surface area contributed by atoms with Crippen LogP contribution in [0.25, 0.3) is 0 Å². The number of nitrogens with one attached hydrogen (secondary N) is 1. The van der Waals surface area contributed by atoms with E-state index in [1.54, 1.807) is 0 Å². The Kier molecular flexibility index (Phi) is 8.20. The molecular formula is C21H35IN4. The number of nitrogens with zero attached hydrogens (tertiary/aromatic N) is 3. The molecule has 4 nitrogen and oxygen atoms in total. The van der Waals surface area contributed by atoms with E-state index in [4.69, 9.17) is 0 Å². The summed E-state index contributed by atoms with van der Waals surface area (Å²) in [6.45, 7) is 10.4. The van der Waals surface area contributed by atoms with E-state index in [9.17, 15) is 0 Å². The second-order valence-electron chi connectivity index (χ2n) is 8.36. The smallest absolute Gasteiger partial charge is 0.193 e. The van der Waals surface area contributed by atoms with E-state index in [1.165, 1.54) is 37.9 Å². The third-order valence-electron chi connectivity index (χ3n) is 5.58. The van der Waals surface area contributed by atoms with Crippen LogP contribution in [-0.2, 0) is 6.42 Å². The Balaban J connectivity index is 0.00000243. The number of rotatable bonds is 5. The molecule has 0 amide bonds. The maximum absolute atomic E-state index is 4.55. The summed E-state index contributed by atoms with van der Waals surface area (Å²) in [5.74, 6) is 1.07. The van der Waals surface area contributed by atoms with Crippen LogP contribution in [-0.4, -0.2) is 61.6 Å². The highest BCUT2D eigenvalue weighted by atomic mass is 127. The predicted octanol–water partition coefficient (Wildman–Crippen LogP) is 3.62. The summed E-state index contributed by atoms with van der Waals surface area (Å²) in [6, 6.07) is 11.5. The van der Waals surface area contributed by atoms with Crippen molar-refractivity contribution in [2.75, 3.05) is 39.8 Å². The van der Waals surface area contributed by atoms with E-state index in [0.717, 1.165) is 38.1 Å². The SMILES string of the molecule is CN=C(NCC(C)(C)Cc1ccccc1)N1CCC(N2CCCC2)C1.I. The van der Waals surface area contributed by atoms with Crippen molar-refractivity contribution in [3.63, 3.8) is 0 Å². The number of aliphatic imine (C=N–C) groups is 1. The van der Waals surface area contributed by atoms with Crippen molar-refractivity contribution in [2.24, 2.45) is 10.4 Å². The fraction of sp³-hybridized carbons (Fsp3) is 0.667. The minimum Gasteiger partial charge on any atom is -0.356 e. The average Bonchev–Trinajstić information content (AvgIpc) is 3.27. The van der Waals surface area contributed by atoms with Crippen LogP contribution in [0.5, 0.6) is 0 Å². The van der Waals surface area contributed by atoms with Gasteiger partial charge in [-0.15, -0.1) is 24.0 Å². The molecular weight excluding hydrogens is 435 g/mol. The molecule has 2 saturated heterocycles. The van der Waals surface area contributed by atoms with Crippen molar-refractivity contribution in [3.05, 3.63) is 35.9 Å². The van der Waals surface area contributed by atoms with E-state index in [0.29, 0.717) is 0 Å². The summed E-state index contributed by atoms with van der Waals surface area (Å²) in [4.78, 5) is 9.67. The quantitative estimate of drug-likeness (QED) is 0.405. The number of likely N-dealkylation sites (tertiary alicyclic amines) is 2. The standard InChI is InChI=1S/C21H34N4.HI/c1-21(2,15-18-9-5-4-6-10-18)17-23-20(22-3)25-14-11-19(16-25)24-12-7-8-13-24;/h4-6,9-10,19H,7-8,11-17H2,1-3H3,(H,22,23);1H. The second kappa shape index (κ2) is 9.93. The van der Waals surface area contributed by atoms with E-state index in [1.807, 2.05) is 7.05 Å². The molecule has 146 valence electrons. The molecule has 2 aliphatic heterocycles. The summed E-state index contributed by atoms with van der Waals surface area (Å²) < 4.78 is 0. The van der Waals surface area contributed by atoms with Gasteiger partial charge >= 0.3 is 0 Å². The molecule has 0 saturated carbocycles. The second-order valence-corrected chi connectivity index (χ2v) is 8.36. The first-order valence-corrected chi connectivity index (χ1v) is 9.81. The van der Waals surface area contributed by atoms with Gasteiger partial charge in [0.25, 0.3) is 0 Å². The molecule has 2 fully saturated rings. The van der Waals surface area contributed by atoms with Crippen LogP contribution in [0.15, 0.2) is 35.3 Å². The molecule has 1 unspecified atom stereocenters. The first kappa shape index (κ1) is 21.5. The Morgan fingerprint density at radius 2 is 1.85 bits per heavy atom. The van der Waals surface area contributed by atoms with Gasteiger partial charge in [-0.05, 0) is 49.8 Å². The van der Waals surface area contributed by atoms with Gasteiger partial charge in [-0.2, -0.15) is 0 Å². The van der Waals surface area contributed by atoms with Gasteiger partial charge in [-0.3, -0.25) is 9.89 Å². The molecule has 0 aliphatic carbocycles. The fourth-order valence-electron chi connectivity index (χ4n) is 4.20. The monoisotopic (exact) mass is 470 g/mol. The van der Waals surface area contributed by atoms with Gasteiger partial charge in [0.05, 0.1) is 0 Å². The van der Waals surface area contributed by atoms with Crippen molar-refractivity contribution in [3.8, 4) is 0 Å². The first-order chi connectivity index (χ1) is 12.1. The molecule has 0 spiro atoms. The highest BCUT2D eigenvalue weighted by Crippen LogP contribution is 2.22. The maximum atomic E-state index is 4.55. The van der Waals surface area contributed by atoms with Gasteiger partial charge in [0.2, 0.25) is 0 Å². The van der Waals surface area contributed by atoms with Crippen molar-refractivity contribution < 1.29 is 0 Å². The summed E-state index contributed by atoms with van der Waals surface area (Å²) in [5, 5.41) is 3.64. The molecule has 0 aromatic heterocycles. The number of benzene rings is 1. The lowest BCUT2D eigenvalue weighted by Crippen LogP contribution is -2.45. The van der Waals surface area contributed by atoms with E-state index in [2.05, 4.69) is 64.3 Å².